The summed E-state index contributed by atoms with van der Waals surface area (Å²) in [6.07, 6.45) is 9.91. The molecule has 2 aromatic rings. The van der Waals surface area contributed by atoms with Gasteiger partial charge in [0.15, 0.2) is 6.10 Å². The van der Waals surface area contributed by atoms with Crippen molar-refractivity contribution in [2.45, 2.75) is 62.9 Å². The molecular weight excluding hydrogens is 438 g/mol. The number of anilines is 1. The van der Waals surface area contributed by atoms with E-state index in [4.69, 9.17) is 9.57 Å². The normalized spacial score (nSPS) is 31.9. The smallest absolute Gasteiger partial charge is 0.319 e. The number of fused-ring (bicyclic) bond motifs is 1. The van der Waals surface area contributed by atoms with Gasteiger partial charge in [-0.2, -0.15) is 0 Å². The lowest BCUT2D eigenvalue weighted by atomic mass is 9.48. The molecule has 35 heavy (non-hydrogen) atoms. The molecule has 182 valence electrons. The van der Waals surface area contributed by atoms with Gasteiger partial charge in [0.25, 0.3) is 0 Å². The molecule has 0 aromatic heterocycles. The lowest BCUT2D eigenvalue weighted by Gasteiger charge is -2.57. The Labute approximate surface area is 206 Å². The van der Waals surface area contributed by atoms with Crippen LogP contribution in [0.25, 0.3) is 0 Å². The van der Waals surface area contributed by atoms with E-state index in [0.29, 0.717) is 18.4 Å². The van der Waals surface area contributed by atoms with Crippen LogP contribution >= 0.6 is 0 Å². The Balaban J connectivity index is 0.918. The predicted molar refractivity (Wildman–Crippen MR) is 135 cm³/mol. The molecule has 8 rings (SSSR count). The maximum absolute atomic E-state index is 12.5. The average Bonchev–Trinajstić information content (AvgIpc) is 3.51. The van der Waals surface area contributed by atoms with Gasteiger partial charge in [0, 0.05) is 18.5 Å². The van der Waals surface area contributed by atoms with Crippen molar-refractivity contribution in [1.82, 2.24) is 5.32 Å². The number of benzene rings is 2. The van der Waals surface area contributed by atoms with Gasteiger partial charge in [0.05, 0.1) is 18.9 Å². The zero-order chi connectivity index (χ0) is 23.4. The molecule has 6 nitrogen and oxygen atoms in total. The van der Waals surface area contributed by atoms with Gasteiger partial charge >= 0.3 is 6.03 Å². The number of carbonyl (C=O) groups is 1. The van der Waals surface area contributed by atoms with Crippen molar-refractivity contribution in [3.8, 4) is 5.75 Å². The largest absolute Gasteiger partial charge is 0.493 e. The standard InChI is InChI=1S/C29H33N3O3/c33-28(30-17-25-13-26(32-35-25)21-1-6-27-22(12-21)7-8-34-27)31-24-4-2-23(3-5-24)29-14-18-9-19(15-29)11-20(10-18)16-29/h1-6,12,18-20,25H,7-11,13-17H2,(H2,30,31,33). The van der Waals surface area contributed by atoms with Gasteiger partial charge in [-0.15, -0.1) is 0 Å². The number of oxime groups is 1. The molecule has 1 unspecified atom stereocenters. The van der Waals surface area contributed by atoms with Crippen LogP contribution in [-0.4, -0.2) is 31.0 Å². The number of hydrogen-bond acceptors (Lipinski definition) is 4. The van der Waals surface area contributed by atoms with Crippen LogP contribution in [0.2, 0.25) is 0 Å². The molecule has 0 radical (unpaired) electrons. The summed E-state index contributed by atoms with van der Waals surface area (Å²) in [5.74, 6) is 3.77. The van der Waals surface area contributed by atoms with Gasteiger partial charge in [-0.3, -0.25) is 0 Å². The van der Waals surface area contributed by atoms with Gasteiger partial charge in [0.1, 0.15) is 5.75 Å². The number of hydrogen-bond donors (Lipinski definition) is 2. The second-order valence-electron chi connectivity index (χ2n) is 11.5. The molecule has 2 N–H and O–H groups in total. The third-order valence-electron chi connectivity index (χ3n) is 9.04. The summed E-state index contributed by atoms with van der Waals surface area (Å²) in [5, 5.41) is 10.2. The van der Waals surface area contributed by atoms with Gasteiger partial charge in [-0.05, 0) is 109 Å². The first-order valence-electron chi connectivity index (χ1n) is 13.3. The van der Waals surface area contributed by atoms with E-state index in [9.17, 15) is 4.79 Å². The molecule has 4 fully saturated rings. The summed E-state index contributed by atoms with van der Waals surface area (Å²) in [5.41, 5.74) is 5.91. The van der Waals surface area contributed by atoms with E-state index < -0.39 is 0 Å². The van der Waals surface area contributed by atoms with Crippen LogP contribution in [-0.2, 0) is 16.7 Å². The summed E-state index contributed by atoms with van der Waals surface area (Å²) < 4.78 is 5.59. The second kappa shape index (κ2) is 8.28. The van der Waals surface area contributed by atoms with Gasteiger partial charge in [-0.25, -0.2) is 4.79 Å². The van der Waals surface area contributed by atoms with E-state index >= 15 is 0 Å². The highest BCUT2D eigenvalue weighted by molar-refractivity contribution is 6.01. The molecule has 2 amide bonds. The molecule has 0 spiro atoms. The van der Waals surface area contributed by atoms with Crippen molar-refractivity contribution in [2.75, 3.05) is 18.5 Å². The Morgan fingerprint density at radius 1 is 1.00 bits per heavy atom. The SMILES string of the molecule is O=C(NCC1CC(c2ccc3c(c2)CCO3)=NO1)Nc1ccc(C23CC4CC(CC(C4)C2)C3)cc1. The van der Waals surface area contributed by atoms with Crippen LogP contribution in [0, 0.1) is 17.8 Å². The zero-order valence-electron chi connectivity index (χ0n) is 20.1. The van der Waals surface area contributed by atoms with Gasteiger partial charge in [-0.1, -0.05) is 17.3 Å². The molecule has 4 saturated carbocycles. The molecule has 2 heterocycles. The van der Waals surface area contributed by atoms with E-state index in [-0.39, 0.29) is 12.1 Å². The van der Waals surface area contributed by atoms with Crippen molar-refractivity contribution < 1.29 is 14.4 Å². The Hall–Kier alpha value is -3.02. The van der Waals surface area contributed by atoms with Crippen LogP contribution in [0.1, 0.15) is 61.6 Å². The molecular formula is C29H33N3O3. The lowest BCUT2D eigenvalue weighted by molar-refractivity contribution is -0.00518. The zero-order valence-corrected chi connectivity index (χ0v) is 20.1. The van der Waals surface area contributed by atoms with E-state index in [1.165, 1.54) is 49.7 Å². The fourth-order valence-corrected chi connectivity index (χ4v) is 7.83. The Bertz CT molecular complexity index is 1140. The van der Waals surface area contributed by atoms with E-state index in [0.717, 1.165) is 53.5 Å². The van der Waals surface area contributed by atoms with E-state index in [1.807, 2.05) is 12.1 Å². The van der Waals surface area contributed by atoms with Crippen LogP contribution < -0.4 is 15.4 Å². The first kappa shape index (κ1) is 21.3. The summed E-state index contributed by atoms with van der Waals surface area (Å²) in [6, 6.07) is 14.6. The maximum Gasteiger partial charge on any atom is 0.319 e. The van der Waals surface area contributed by atoms with Crippen molar-refractivity contribution in [2.24, 2.45) is 22.9 Å². The highest BCUT2D eigenvalue weighted by Crippen LogP contribution is 2.60. The van der Waals surface area contributed by atoms with E-state index in [1.54, 1.807) is 0 Å². The quantitative estimate of drug-likeness (QED) is 0.613. The Morgan fingerprint density at radius 3 is 2.49 bits per heavy atom. The van der Waals surface area contributed by atoms with Crippen LogP contribution in [0.15, 0.2) is 47.6 Å². The van der Waals surface area contributed by atoms with E-state index in [2.05, 4.69) is 46.1 Å². The second-order valence-corrected chi connectivity index (χ2v) is 11.5. The molecule has 1 atom stereocenters. The summed E-state index contributed by atoms with van der Waals surface area (Å²) in [7, 11) is 0. The minimum atomic E-state index is -0.209. The lowest BCUT2D eigenvalue weighted by Crippen LogP contribution is -2.48. The first-order valence-corrected chi connectivity index (χ1v) is 13.3. The number of urea groups is 1. The highest BCUT2D eigenvalue weighted by Gasteiger charge is 2.51. The van der Waals surface area contributed by atoms with Crippen LogP contribution in [0.5, 0.6) is 5.75 Å². The Morgan fingerprint density at radius 2 is 1.74 bits per heavy atom. The summed E-state index contributed by atoms with van der Waals surface area (Å²) in [4.78, 5) is 18.1. The predicted octanol–water partition coefficient (Wildman–Crippen LogP) is 5.40. The molecule has 6 aliphatic rings. The molecule has 2 aliphatic heterocycles. The van der Waals surface area contributed by atoms with Crippen LogP contribution in [0.3, 0.4) is 0 Å². The molecule has 4 bridgehead atoms. The third kappa shape index (κ3) is 3.97. The summed E-state index contributed by atoms with van der Waals surface area (Å²) in [6.45, 7) is 1.16. The average molecular weight is 472 g/mol. The third-order valence-corrected chi connectivity index (χ3v) is 9.04. The van der Waals surface area contributed by atoms with Gasteiger partial charge < -0.3 is 20.2 Å². The van der Waals surface area contributed by atoms with Crippen LogP contribution in [0.4, 0.5) is 10.5 Å². The van der Waals surface area contributed by atoms with Crippen molar-refractivity contribution in [1.29, 1.82) is 0 Å². The van der Waals surface area contributed by atoms with Crippen molar-refractivity contribution in [3.05, 3.63) is 59.2 Å². The fraction of sp³-hybridized carbons (Fsp3) is 0.517. The number of carbonyl (C=O) groups excluding carboxylic acids is 1. The minimum Gasteiger partial charge on any atom is -0.493 e. The number of nitrogens with zero attached hydrogens (tertiary/aromatic N) is 1. The first-order chi connectivity index (χ1) is 17.1. The van der Waals surface area contributed by atoms with Gasteiger partial charge in [0.2, 0.25) is 0 Å². The fourth-order valence-electron chi connectivity index (χ4n) is 7.83. The minimum absolute atomic E-state index is 0.154. The number of nitrogens with one attached hydrogen (secondary N) is 2. The number of ether oxygens (including phenoxy) is 1. The topological polar surface area (TPSA) is 72.0 Å². The molecule has 4 aliphatic carbocycles. The van der Waals surface area contributed by atoms with Crippen molar-refractivity contribution in [3.63, 3.8) is 0 Å². The molecule has 2 aromatic carbocycles. The summed E-state index contributed by atoms with van der Waals surface area (Å²) >= 11 is 0. The Kier molecular flexibility index (Phi) is 5.04. The highest BCUT2D eigenvalue weighted by atomic mass is 16.6. The molecule has 6 heteroatoms. The monoisotopic (exact) mass is 471 g/mol. The number of amides is 2. The maximum atomic E-state index is 12.5. The van der Waals surface area contributed by atoms with Crippen molar-refractivity contribution >= 4 is 17.4 Å². The molecule has 0 saturated heterocycles. The number of rotatable bonds is 5.